The standard InChI is InChI=1S/C15H15NO3/c17-14-10-19-15-9-12(1-2-13(14)15)18-8-5-11-3-6-16-7-4-11/h1-4,6-7,9,14,17H,5,8,10H2. The number of hydrogen-bond acceptors (Lipinski definition) is 4. The van der Waals surface area contributed by atoms with Crippen LogP contribution in [0.2, 0.25) is 0 Å². The van der Waals surface area contributed by atoms with E-state index in [1.807, 2.05) is 30.3 Å². The molecule has 4 nitrogen and oxygen atoms in total. The van der Waals surface area contributed by atoms with E-state index in [1.54, 1.807) is 12.4 Å². The average Bonchev–Trinajstić information content (AvgIpc) is 2.81. The number of aliphatic hydroxyl groups excluding tert-OH is 1. The van der Waals surface area contributed by atoms with Gasteiger partial charge in [0.05, 0.1) is 6.61 Å². The summed E-state index contributed by atoms with van der Waals surface area (Å²) in [6, 6.07) is 9.51. The summed E-state index contributed by atoms with van der Waals surface area (Å²) in [5.74, 6) is 1.48. The minimum atomic E-state index is -0.513. The van der Waals surface area contributed by atoms with Crippen molar-refractivity contribution in [1.29, 1.82) is 0 Å². The first-order valence-corrected chi connectivity index (χ1v) is 6.29. The lowest BCUT2D eigenvalue weighted by Gasteiger charge is -2.08. The highest BCUT2D eigenvalue weighted by Gasteiger charge is 2.21. The third kappa shape index (κ3) is 2.69. The first-order valence-electron chi connectivity index (χ1n) is 6.29. The average molecular weight is 257 g/mol. The van der Waals surface area contributed by atoms with Crippen LogP contribution in [-0.4, -0.2) is 23.3 Å². The van der Waals surface area contributed by atoms with Crippen molar-refractivity contribution in [3.8, 4) is 11.5 Å². The van der Waals surface area contributed by atoms with Crippen LogP contribution in [0.15, 0.2) is 42.7 Å². The predicted octanol–water partition coefficient (Wildman–Crippen LogP) is 2.13. The Morgan fingerprint density at radius 3 is 2.95 bits per heavy atom. The molecule has 98 valence electrons. The van der Waals surface area contributed by atoms with Gasteiger partial charge in [-0.15, -0.1) is 0 Å². The highest BCUT2D eigenvalue weighted by molar-refractivity contribution is 5.44. The fourth-order valence-electron chi connectivity index (χ4n) is 2.10. The largest absolute Gasteiger partial charge is 0.493 e. The molecule has 3 rings (SSSR count). The maximum absolute atomic E-state index is 9.63. The van der Waals surface area contributed by atoms with E-state index in [1.165, 1.54) is 5.56 Å². The zero-order chi connectivity index (χ0) is 13.1. The van der Waals surface area contributed by atoms with Gasteiger partial charge in [0, 0.05) is 30.4 Å². The summed E-state index contributed by atoms with van der Waals surface area (Å²) < 4.78 is 11.1. The third-order valence-electron chi connectivity index (χ3n) is 3.15. The summed E-state index contributed by atoms with van der Waals surface area (Å²) in [5.41, 5.74) is 2.03. The van der Waals surface area contributed by atoms with E-state index in [0.717, 1.165) is 17.7 Å². The zero-order valence-electron chi connectivity index (χ0n) is 10.5. The number of nitrogens with zero attached hydrogens (tertiary/aromatic N) is 1. The molecule has 1 unspecified atom stereocenters. The monoisotopic (exact) mass is 257 g/mol. The topological polar surface area (TPSA) is 51.6 Å². The highest BCUT2D eigenvalue weighted by Crippen LogP contribution is 2.34. The molecule has 0 saturated carbocycles. The van der Waals surface area contributed by atoms with Gasteiger partial charge in [0.15, 0.2) is 0 Å². The second-order valence-corrected chi connectivity index (χ2v) is 4.48. The minimum Gasteiger partial charge on any atom is -0.493 e. The molecule has 0 radical (unpaired) electrons. The van der Waals surface area contributed by atoms with Crippen LogP contribution in [0.5, 0.6) is 11.5 Å². The van der Waals surface area contributed by atoms with E-state index in [0.29, 0.717) is 19.0 Å². The number of fused-ring (bicyclic) bond motifs is 1. The van der Waals surface area contributed by atoms with Crippen LogP contribution in [-0.2, 0) is 6.42 Å². The van der Waals surface area contributed by atoms with E-state index in [-0.39, 0.29) is 0 Å². The molecule has 0 saturated heterocycles. The number of benzene rings is 1. The van der Waals surface area contributed by atoms with Crippen molar-refractivity contribution in [2.75, 3.05) is 13.2 Å². The number of rotatable bonds is 4. The summed E-state index contributed by atoms with van der Waals surface area (Å²) in [5, 5.41) is 9.63. The molecule has 0 amide bonds. The Kier molecular flexibility index (Phi) is 3.33. The Morgan fingerprint density at radius 2 is 2.11 bits per heavy atom. The van der Waals surface area contributed by atoms with Crippen molar-refractivity contribution < 1.29 is 14.6 Å². The van der Waals surface area contributed by atoms with Gasteiger partial charge in [0.1, 0.15) is 24.2 Å². The minimum absolute atomic E-state index is 0.329. The molecular formula is C15H15NO3. The van der Waals surface area contributed by atoms with Gasteiger partial charge < -0.3 is 14.6 Å². The van der Waals surface area contributed by atoms with E-state index in [4.69, 9.17) is 9.47 Å². The number of hydrogen-bond donors (Lipinski definition) is 1. The van der Waals surface area contributed by atoms with Crippen LogP contribution in [0, 0.1) is 0 Å². The molecule has 2 aromatic rings. The summed E-state index contributed by atoms with van der Waals surface area (Å²) in [6.45, 7) is 0.932. The number of pyridine rings is 1. The smallest absolute Gasteiger partial charge is 0.129 e. The normalized spacial score (nSPS) is 16.8. The fourth-order valence-corrected chi connectivity index (χ4v) is 2.10. The van der Waals surface area contributed by atoms with Crippen LogP contribution < -0.4 is 9.47 Å². The lowest BCUT2D eigenvalue weighted by atomic mass is 10.1. The molecule has 0 spiro atoms. The van der Waals surface area contributed by atoms with Crippen LogP contribution in [0.3, 0.4) is 0 Å². The van der Waals surface area contributed by atoms with Gasteiger partial charge in [-0.2, -0.15) is 0 Å². The maximum Gasteiger partial charge on any atom is 0.129 e. The van der Waals surface area contributed by atoms with Gasteiger partial charge in [0.2, 0.25) is 0 Å². The Morgan fingerprint density at radius 1 is 1.26 bits per heavy atom. The Bertz CT molecular complexity index is 557. The molecular weight excluding hydrogens is 242 g/mol. The molecule has 0 bridgehead atoms. The summed E-state index contributed by atoms with van der Waals surface area (Å²) >= 11 is 0. The number of aromatic nitrogens is 1. The number of aliphatic hydroxyl groups is 1. The van der Waals surface area contributed by atoms with Gasteiger partial charge in [-0.3, -0.25) is 4.98 Å². The lowest BCUT2D eigenvalue weighted by Crippen LogP contribution is -2.01. The van der Waals surface area contributed by atoms with Crippen molar-refractivity contribution >= 4 is 0 Å². The van der Waals surface area contributed by atoms with Crippen LogP contribution in [0.4, 0.5) is 0 Å². The molecule has 1 aromatic heterocycles. The summed E-state index contributed by atoms with van der Waals surface area (Å²) in [4.78, 5) is 3.98. The van der Waals surface area contributed by atoms with Crippen molar-refractivity contribution in [2.24, 2.45) is 0 Å². The van der Waals surface area contributed by atoms with Crippen molar-refractivity contribution in [2.45, 2.75) is 12.5 Å². The predicted molar refractivity (Wildman–Crippen MR) is 70.3 cm³/mol. The van der Waals surface area contributed by atoms with E-state index in [9.17, 15) is 5.11 Å². The molecule has 19 heavy (non-hydrogen) atoms. The Hall–Kier alpha value is -2.07. The zero-order valence-corrected chi connectivity index (χ0v) is 10.5. The molecule has 1 aromatic carbocycles. The van der Waals surface area contributed by atoms with Crippen LogP contribution >= 0.6 is 0 Å². The van der Waals surface area contributed by atoms with Gasteiger partial charge in [-0.05, 0) is 29.8 Å². The van der Waals surface area contributed by atoms with E-state index < -0.39 is 6.10 Å². The van der Waals surface area contributed by atoms with E-state index in [2.05, 4.69) is 4.98 Å². The number of ether oxygens (including phenoxy) is 2. The second kappa shape index (κ2) is 5.28. The van der Waals surface area contributed by atoms with Crippen LogP contribution in [0.1, 0.15) is 17.2 Å². The van der Waals surface area contributed by atoms with Gasteiger partial charge in [-0.25, -0.2) is 0 Å². The first kappa shape index (κ1) is 12.0. The molecule has 1 N–H and O–H groups in total. The molecule has 1 atom stereocenters. The maximum atomic E-state index is 9.63. The molecule has 0 aliphatic carbocycles. The van der Waals surface area contributed by atoms with Crippen molar-refractivity contribution in [1.82, 2.24) is 4.98 Å². The van der Waals surface area contributed by atoms with Crippen LogP contribution in [0.25, 0.3) is 0 Å². The molecule has 0 fully saturated rings. The lowest BCUT2D eigenvalue weighted by molar-refractivity contribution is 0.140. The van der Waals surface area contributed by atoms with Crippen molar-refractivity contribution in [3.05, 3.63) is 53.9 Å². The SMILES string of the molecule is OC1COc2cc(OCCc3ccncc3)ccc21. The highest BCUT2D eigenvalue weighted by atomic mass is 16.5. The van der Waals surface area contributed by atoms with Gasteiger partial charge in [-0.1, -0.05) is 0 Å². The summed E-state index contributed by atoms with van der Waals surface area (Å²) in [6.07, 6.45) is 3.88. The van der Waals surface area contributed by atoms with Gasteiger partial charge in [0.25, 0.3) is 0 Å². The molecule has 1 aliphatic rings. The fraction of sp³-hybridized carbons (Fsp3) is 0.267. The van der Waals surface area contributed by atoms with Crippen molar-refractivity contribution in [3.63, 3.8) is 0 Å². The summed E-state index contributed by atoms with van der Waals surface area (Å²) in [7, 11) is 0. The Balaban J connectivity index is 1.59. The van der Waals surface area contributed by atoms with Gasteiger partial charge >= 0.3 is 0 Å². The first-order chi connectivity index (χ1) is 9.33. The van der Waals surface area contributed by atoms with E-state index >= 15 is 0 Å². The molecule has 1 aliphatic heterocycles. The quantitative estimate of drug-likeness (QED) is 0.911. The molecule has 2 heterocycles. The third-order valence-corrected chi connectivity index (χ3v) is 3.15. The Labute approximate surface area is 111 Å². The second-order valence-electron chi connectivity index (χ2n) is 4.48. The molecule has 4 heteroatoms.